The molecular weight excluding hydrogens is 328 g/mol. The van der Waals surface area contributed by atoms with Gasteiger partial charge < -0.3 is 20.3 Å². The minimum Gasteiger partial charge on any atom is -0.390 e. The van der Waals surface area contributed by atoms with E-state index >= 15 is 0 Å². The number of carbonyl (C=O) groups is 1. The molecule has 2 aromatic carbocycles. The van der Waals surface area contributed by atoms with Crippen molar-refractivity contribution in [3.05, 3.63) is 83.9 Å². The number of benzene rings is 2. The lowest BCUT2D eigenvalue weighted by atomic mass is 10.1. The Balaban J connectivity index is 1.43. The van der Waals surface area contributed by atoms with Gasteiger partial charge in [0, 0.05) is 25.4 Å². The molecule has 6 nitrogen and oxygen atoms in total. The van der Waals surface area contributed by atoms with Crippen LogP contribution in [0.15, 0.2) is 67.3 Å². The van der Waals surface area contributed by atoms with E-state index in [0.29, 0.717) is 13.0 Å². The van der Waals surface area contributed by atoms with Crippen molar-refractivity contribution in [2.75, 3.05) is 0 Å². The Hall–Kier alpha value is -3.12. The van der Waals surface area contributed by atoms with Gasteiger partial charge in [-0.05, 0) is 22.8 Å². The lowest BCUT2D eigenvalue weighted by molar-refractivity contribution is 0.142. The fourth-order valence-corrected chi connectivity index (χ4v) is 3.43. The summed E-state index contributed by atoms with van der Waals surface area (Å²) in [4.78, 5) is 16.4. The van der Waals surface area contributed by atoms with E-state index in [4.69, 9.17) is 0 Å². The molecule has 3 aromatic rings. The average Bonchev–Trinajstić information content (AvgIpc) is 3.29. The maximum atomic E-state index is 12.4. The van der Waals surface area contributed by atoms with E-state index in [9.17, 15) is 9.90 Å². The van der Waals surface area contributed by atoms with Crippen molar-refractivity contribution < 1.29 is 9.90 Å². The number of nitrogens with one attached hydrogen (secondary N) is 2. The fraction of sp³-hybridized carbons (Fsp3) is 0.200. The quantitative estimate of drug-likeness (QED) is 0.677. The number of hydrogen-bond donors (Lipinski definition) is 3. The van der Waals surface area contributed by atoms with E-state index < -0.39 is 6.10 Å². The van der Waals surface area contributed by atoms with E-state index in [1.807, 2.05) is 59.3 Å². The minimum absolute atomic E-state index is 0.300. The molecule has 1 heterocycles. The van der Waals surface area contributed by atoms with Crippen LogP contribution in [0.2, 0.25) is 0 Å². The summed E-state index contributed by atoms with van der Waals surface area (Å²) in [6.07, 6.45) is 5.27. The van der Waals surface area contributed by atoms with Crippen molar-refractivity contribution in [2.45, 2.75) is 25.1 Å². The third-order valence-electron chi connectivity index (χ3n) is 4.70. The second-order valence-corrected chi connectivity index (χ2v) is 6.37. The molecule has 132 valence electrons. The molecule has 0 saturated carbocycles. The summed E-state index contributed by atoms with van der Waals surface area (Å²) in [5, 5.41) is 16.0. The normalized spacial score (nSPS) is 18.3. The predicted octanol–water partition coefficient (Wildman–Crippen LogP) is 2.33. The lowest BCUT2D eigenvalue weighted by Crippen LogP contribution is -2.40. The number of imidazole rings is 1. The third kappa shape index (κ3) is 3.19. The molecule has 3 N–H and O–H groups in total. The molecule has 0 spiro atoms. The molecule has 2 amide bonds. The SMILES string of the molecule is O=C(NCc1ccccc1-n1ccnc1)N[C@@H]1c2ccccc2C[C@@H]1O. The van der Waals surface area contributed by atoms with Crippen LogP contribution < -0.4 is 10.6 Å². The van der Waals surface area contributed by atoms with Gasteiger partial charge in [-0.1, -0.05) is 42.5 Å². The molecule has 6 heteroatoms. The summed E-state index contributed by atoms with van der Waals surface area (Å²) in [6.45, 7) is 0.380. The van der Waals surface area contributed by atoms with Crippen LogP contribution >= 0.6 is 0 Å². The van der Waals surface area contributed by atoms with Crippen LogP contribution in [-0.4, -0.2) is 26.8 Å². The molecule has 1 aliphatic carbocycles. The van der Waals surface area contributed by atoms with Crippen molar-refractivity contribution in [1.82, 2.24) is 20.2 Å². The highest BCUT2D eigenvalue weighted by Crippen LogP contribution is 2.31. The van der Waals surface area contributed by atoms with Gasteiger partial charge in [0.15, 0.2) is 0 Å². The highest BCUT2D eigenvalue weighted by Gasteiger charge is 2.31. The smallest absolute Gasteiger partial charge is 0.315 e. The van der Waals surface area contributed by atoms with E-state index in [1.54, 1.807) is 12.5 Å². The highest BCUT2D eigenvalue weighted by molar-refractivity contribution is 5.75. The predicted molar refractivity (Wildman–Crippen MR) is 97.8 cm³/mol. The van der Waals surface area contributed by atoms with Crippen molar-refractivity contribution in [3.63, 3.8) is 0 Å². The Morgan fingerprint density at radius 3 is 2.85 bits per heavy atom. The molecule has 0 radical (unpaired) electrons. The Labute approximate surface area is 151 Å². The van der Waals surface area contributed by atoms with E-state index in [-0.39, 0.29) is 12.1 Å². The van der Waals surface area contributed by atoms with E-state index in [0.717, 1.165) is 22.4 Å². The van der Waals surface area contributed by atoms with Crippen molar-refractivity contribution >= 4 is 6.03 Å². The van der Waals surface area contributed by atoms with E-state index in [2.05, 4.69) is 15.6 Å². The number of amides is 2. The van der Waals surface area contributed by atoms with Crippen molar-refractivity contribution in [3.8, 4) is 5.69 Å². The molecule has 26 heavy (non-hydrogen) atoms. The van der Waals surface area contributed by atoms with Gasteiger partial charge in [0.05, 0.1) is 24.2 Å². The first-order valence-electron chi connectivity index (χ1n) is 8.59. The second-order valence-electron chi connectivity index (χ2n) is 6.37. The molecule has 2 atom stereocenters. The van der Waals surface area contributed by atoms with Crippen molar-refractivity contribution in [1.29, 1.82) is 0 Å². The van der Waals surface area contributed by atoms with Crippen LogP contribution in [0.4, 0.5) is 4.79 Å². The minimum atomic E-state index is -0.601. The van der Waals surface area contributed by atoms with Gasteiger partial charge in [0.25, 0.3) is 0 Å². The number of fused-ring (bicyclic) bond motifs is 1. The Kier molecular flexibility index (Phi) is 4.41. The lowest BCUT2D eigenvalue weighted by Gasteiger charge is -2.19. The Morgan fingerprint density at radius 2 is 2.00 bits per heavy atom. The number of para-hydroxylation sites is 1. The van der Waals surface area contributed by atoms with Gasteiger partial charge in [-0.15, -0.1) is 0 Å². The van der Waals surface area contributed by atoms with Gasteiger partial charge in [-0.3, -0.25) is 0 Å². The van der Waals surface area contributed by atoms with Crippen LogP contribution in [0.3, 0.4) is 0 Å². The fourth-order valence-electron chi connectivity index (χ4n) is 3.43. The first kappa shape index (κ1) is 16.4. The summed E-state index contributed by atoms with van der Waals surface area (Å²) in [6, 6.07) is 15.0. The van der Waals surface area contributed by atoms with E-state index in [1.165, 1.54) is 0 Å². The summed E-state index contributed by atoms with van der Waals surface area (Å²) in [5.74, 6) is 0. The zero-order valence-corrected chi connectivity index (χ0v) is 14.2. The van der Waals surface area contributed by atoms with Gasteiger partial charge in [-0.25, -0.2) is 9.78 Å². The van der Waals surface area contributed by atoms with Gasteiger partial charge >= 0.3 is 6.03 Å². The number of aliphatic hydroxyl groups is 1. The standard InChI is InChI=1S/C20H20N4O2/c25-18-11-14-5-1-3-7-16(14)19(18)23-20(26)22-12-15-6-2-4-8-17(15)24-10-9-21-13-24/h1-10,13,18-19,25H,11-12H2,(H2,22,23,26)/t18-,19+/m0/s1. The molecule has 0 bridgehead atoms. The summed E-state index contributed by atoms with van der Waals surface area (Å²) < 4.78 is 1.91. The number of carbonyl (C=O) groups excluding carboxylic acids is 1. The van der Waals surface area contributed by atoms with Crippen LogP contribution in [0.25, 0.3) is 5.69 Å². The molecular formula is C20H20N4O2. The monoisotopic (exact) mass is 348 g/mol. The zero-order chi connectivity index (χ0) is 17.9. The summed E-state index contributed by atoms with van der Waals surface area (Å²) in [5.41, 5.74) is 4.01. The van der Waals surface area contributed by atoms with Crippen LogP contribution in [0, 0.1) is 0 Å². The van der Waals surface area contributed by atoms with Crippen LogP contribution in [-0.2, 0) is 13.0 Å². The Morgan fingerprint density at radius 1 is 1.19 bits per heavy atom. The number of aromatic nitrogens is 2. The van der Waals surface area contributed by atoms with Gasteiger partial charge in [-0.2, -0.15) is 0 Å². The largest absolute Gasteiger partial charge is 0.390 e. The van der Waals surface area contributed by atoms with Gasteiger partial charge in [0.1, 0.15) is 0 Å². The first-order valence-corrected chi connectivity index (χ1v) is 8.59. The number of rotatable bonds is 4. The number of hydrogen-bond acceptors (Lipinski definition) is 3. The van der Waals surface area contributed by atoms with Crippen molar-refractivity contribution in [2.24, 2.45) is 0 Å². The first-order chi connectivity index (χ1) is 12.7. The third-order valence-corrected chi connectivity index (χ3v) is 4.70. The molecule has 4 rings (SSSR count). The molecule has 1 aliphatic rings. The summed E-state index contributed by atoms with van der Waals surface area (Å²) >= 11 is 0. The summed E-state index contributed by atoms with van der Waals surface area (Å²) in [7, 11) is 0. The molecule has 0 saturated heterocycles. The average molecular weight is 348 g/mol. The molecule has 0 fully saturated rings. The maximum Gasteiger partial charge on any atom is 0.315 e. The topological polar surface area (TPSA) is 79.2 Å². The van der Waals surface area contributed by atoms with Gasteiger partial charge in [0.2, 0.25) is 0 Å². The highest BCUT2D eigenvalue weighted by atomic mass is 16.3. The molecule has 0 aliphatic heterocycles. The number of nitrogens with zero attached hydrogens (tertiary/aromatic N) is 2. The second kappa shape index (κ2) is 7.01. The number of urea groups is 1. The maximum absolute atomic E-state index is 12.4. The van der Waals surface area contributed by atoms with Crippen LogP contribution in [0.1, 0.15) is 22.7 Å². The van der Waals surface area contributed by atoms with Crippen LogP contribution in [0.5, 0.6) is 0 Å². The Bertz CT molecular complexity index is 908. The number of aliphatic hydroxyl groups excluding tert-OH is 1. The molecule has 1 aromatic heterocycles. The molecule has 0 unspecified atom stereocenters. The zero-order valence-electron chi connectivity index (χ0n) is 14.2.